The van der Waals surface area contributed by atoms with E-state index in [1.165, 1.54) is 25.7 Å². The van der Waals surface area contributed by atoms with Crippen LogP contribution in [0.5, 0.6) is 0 Å². The highest BCUT2D eigenvalue weighted by molar-refractivity contribution is 5.01. The molecule has 0 aliphatic carbocycles. The number of nitrogens with zero attached hydrogens (tertiary/aromatic N) is 1. The zero-order valence-corrected chi connectivity index (χ0v) is 8.50. The van der Waals surface area contributed by atoms with Gasteiger partial charge in [-0.05, 0) is 32.1 Å². The summed E-state index contributed by atoms with van der Waals surface area (Å²) in [4.78, 5) is 0. The van der Waals surface area contributed by atoms with Gasteiger partial charge in [-0.25, -0.2) is 0 Å². The summed E-state index contributed by atoms with van der Waals surface area (Å²) in [7, 11) is 0. The van der Waals surface area contributed by atoms with Crippen LogP contribution in [0.1, 0.15) is 45.4 Å². The molecular weight excluding hydrogens is 158 g/mol. The molecule has 0 saturated carbocycles. The molecule has 0 N–H and O–H groups in total. The lowest BCUT2D eigenvalue weighted by molar-refractivity contribution is 0.695. The van der Waals surface area contributed by atoms with Gasteiger partial charge >= 0.3 is 0 Å². The molecule has 0 aromatic heterocycles. The number of allylic oxidation sites excluding steroid dienone is 4. The Bertz CT molecular complexity index is 184. The fraction of sp³-hybridized carbons (Fsp3) is 0.583. The fourth-order valence-electron chi connectivity index (χ4n) is 1.12. The van der Waals surface area contributed by atoms with E-state index in [1.54, 1.807) is 6.08 Å². The van der Waals surface area contributed by atoms with Gasteiger partial charge in [-0.15, -0.1) is 0 Å². The Morgan fingerprint density at radius 2 is 1.69 bits per heavy atom. The lowest BCUT2D eigenvalue weighted by Gasteiger charge is -1.94. The van der Waals surface area contributed by atoms with Gasteiger partial charge in [0, 0.05) is 6.08 Å². The molecule has 0 fully saturated rings. The minimum absolute atomic E-state index is 1.05. The van der Waals surface area contributed by atoms with Gasteiger partial charge in [-0.2, -0.15) is 5.26 Å². The van der Waals surface area contributed by atoms with Crippen LogP contribution >= 0.6 is 0 Å². The van der Waals surface area contributed by atoms with E-state index in [-0.39, 0.29) is 0 Å². The molecule has 0 amide bonds. The van der Waals surface area contributed by atoms with E-state index in [0.29, 0.717) is 0 Å². The zero-order valence-electron chi connectivity index (χ0n) is 8.50. The highest BCUT2D eigenvalue weighted by Gasteiger charge is 1.84. The first kappa shape index (κ1) is 12.0. The van der Waals surface area contributed by atoms with Crippen LogP contribution in [0.2, 0.25) is 0 Å². The first-order valence-corrected chi connectivity index (χ1v) is 5.11. The van der Waals surface area contributed by atoms with Crippen molar-refractivity contribution in [2.75, 3.05) is 0 Å². The van der Waals surface area contributed by atoms with Crippen LogP contribution < -0.4 is 0 Å². The molecule has 0 aliphatic heterocycles. The second-order valence-electron chi connectivity index (χ2n) is 3.05. The highest BCUT2D eigenvalue weighted by Crippen LogP contribution is 2.04. The summed E-state index contributed by atoms with van der Waals surface area (Å²) in [5, 5.41) is 8.22. The van der Waals surface area contributed by atoms with E-state index in [1.807, 2.05) is 12.1 Å². The van der Waals surface area contributed by atoms with Crippen molar-refractivity contribution < 1.29 is 0 Å². The van der Waals surface area contributed by atoms with Gasteiger partial charge in [-0.1, -0.05) is 31.6 Å². The van der Waals surface area contributed by atoms with Crippen molar-refractivity contribution in [1.29, 1.82) is 5.26 Å². The topological polar surface area (TPSA) is 23.8 Å². The Hall–Kier alpha value is -1.03. The molecule has 0 spiro atoms. The summed E-state index contributed by atoms with van der Waals surface area (Å²) < 4.78 is 0. The molecule has 0 radical (unpaired) electrons. The first-order valence-electron chi connectivity index (χ1n) is 5.11. The highest BCUT2D eigenvalue weighted by atomic mass is 14.2. The van der Waals surface area contributed by atoms with Crippen LogP contribution in [0, 0.1) is 11.3 Å². The largest absolute Gasteiger partial charge is 0.193 e. The fourth-order valence-corrected chi connectivity index (χ4v) is 1.12. The number of hydrogen-bond acceptors (Lipinski definition) is 1. The van der Waals surface area contributed by atoms with Crippen molar-refractivity contribution in [3.05, 3.63) is 24.3 Å². The predicted octanol–water partition coefficient (Wildman–Crippen LogP) is 3.98. The van der Waals surface area contributed by atoms with Crippen LogP contribution in [0.3, 0.4) is 0 Å². The molecule has 0 atom stereocenters. The molecular formula is C12H19N. The van der Waals surface area contributed by atoms with Gasteiger partial charge in [0.05, 0.1) is 6.07 Å². The van der Waals surface area contributed by atoms with Crippen molar-refractivity contribution >= 4 is 0 Å². The third-order valence-corrected chi connectivity index (χ3v) is 1.84. The molecule has 0 saturated heterocycles. The van der Waals surface area contributed by atoms with E-state index in [9.17, 15) is 0 Å². The predicted molar refractivity (Wildman–Crippen MR) is 57.3 cm³/mol. The van der Waals surface area contributed by atoms with E-state index >= 15 is 0 Å². The van der Waals surface area contributed by atoms with Gasteiger partial charge in [0.1, 0.15) is 0 Å². The zero-order chi connectivity index (χ0) is 9.78. The maximum absolute atomic E-state index is 8.22. The van der Waals surface area contributed by atoms with E-state index < -0.39 is 0 Å². The van der Waals surface area contributed by atoms with Crippen molar-refractivity contribution in [2.45, 2.75) is 45.4 Å². The smallest absolute Gasteiger partial charge is 0.0908 e. The summed E-state index contributed by atoms with van der Waals surface area (Å²) in [6.07, 6.45) is 15.1. The summed E-state index contributed by atoms with van der Waals surface area (Å²) >= 11 is 0. The Morgan fingerprint density at radius 3 is 2.31 bits per heavy atom. The van der Waals surface area contributed by atoms with Crippen molar-refractivity contribution in [3.8, 4) is 6.07 Å². The molecule has 0 rings (SSSR count). The molecule has 1 heteroatoms. The molecule has 0 bridgehead atoms. The van der Waals surface area contributed by atoms with Crippen LogP contribution in [0.4, 0.5) is 0 Å². The molecule has 0 heterocycles. The average molecular weight is 177 g/mol. The van der Waals surface area contributed by atoms with Crippen molar-refractivity contribution in [3.63, 3.8) is 0 Å². The monoisotopic (exact) mass is 177 g/mol. The van der Waals surface area contributed by atoms with E-state index in [4.69, 9.17) is 5.26 Å². The number of unbranched alkanes of at least 4 members (excludes halogenated alkanes) is 4. The third-order valence-electron chi connectivity index (χ3n) is 1.84. The Kier molecular flexibility index (Phi) is 10.1. The van der Waals surface area contributed by atoms with Gasteiger partial charge in [0.25, 0.3) is 0 Å². The number of nitriles is 1. The van der Waals surface area contributed by atoms with Gasteiger partial charge < -0.3 is 0 Å². The van der Waals surface area contributed by atoms with E-state index in [2.05, 4.69) is 19.1 Å². The Morgan fingerprint density at radius 1 is 1.00 bits per heavy atom. The normalized spacial score (nSPS) is 11.1. The SMILES string of the molecule is CC/C=C/CCCCC/C=C/C#N. The lowest BCUT2D eigenvalue weighted by atomic mass is 10.1. The van der Waals surface area contributed by atoms with Crippen molar-refractivity contribution in [1.82, 2.24) is 0 Å². The quantitative estimate of drug-likeness (QED) is 0.328. The molecule has 0 aliphatic rings. The third kappa shape index (κ3) is 11.0. The van der Waals surface area contributed by atoms with Crippen LogP contribution in [-0.4, -0.2) is 0 Å². The minimum atomic E-state index is 1.05. The summed E-state index contributed by atoms with van der Waals surface area (Å²) in [6.45, 7) is 2.16. The van der Waals surface area contributed by atoms with Gasteiger partial charge in [0.2, 0.25) is 0 Å². The molecule has 0 aromatic carbocycles. The summed E-state index contributed by atoms with van der Waals surface area (Å²) in [5.41, 5.74) is 0. The van der Waals surface area contributed by atoms with Crippen molar-refractivity contribution in [2.24, 2.45) is 0 Å². The second kappa shape index (κ2) is 11.0. The molecule has 1 nitrogen and oxygen atoms in total. The Balaban J connectivity index is 3.05. The van der Waals surface area contributed by atoms with Crippen LogP contribution in [0.25, 0.3) is 0 Å². The van der Waals surface area contributed by atoms with E-state index in [0.717, 1.165) is 12.8 Å². The van der Waals surface area contributed by atoms with Gasteiger partial charge in [0.15, 0.2) is 0 Å². The summed E-state index contributed by atoms with van der Waals surface area (Å²) in [5.74, 6) is 0. The number of hydrogen-bond donors (Lipinski definition) is 0. The van der Waals surface area contributed by atoms with Crippen LogP contribution in [-0.2, 0) is 0 Å². The molecule has 0 unspecified atom stereocenters. The first-order chi connectivity index (χ1) is 6.41. The average Bonchev–Trinajstić information content (AvgIpc) is 2.16. The molecule has 13 heavy (non-hydrogen) atoms. The minimum Gasteiger partial charge on any atom is -0.193 e. The Labute approximate surface area is 81.8 Å². The number of rotatable bonds is 7. The van der Waals surface area contributed by atoms with Crippen LogP contribution in [0.15, 0.2) is 24.3 Å². The second-order valence-corrected chi connectivity index (χ2v) is 3.05. The maximum atomic E-state index is 8.22. The molecule has 72 valence electrons. The summed E-state index contributed by atoms with van der Waals surface area (Å²) in [6, 6.07) is 1.99. The van der Waals surface area contributed by atoms with Gasteiger partial charge in [-0.3, -0.25) is 0 Å². The molecule has 0 aromatic rings. The lowest BCUT2D eigenvalue weighted by Crippen LogP contribution is -1.74. The maximum Gasteiger partial charge on any atom is 0.0908 e. The standard InChI is InChI=1S/C12H19N/c1-2-3-4-5-6-7-8-9-10-11-12-13/h3-4,10-11H,2,5-9H2,1H3/b4-3+,11-10+.